The second kappa shape index (κ2) is 5.63. The molecule has 0 amide bonds. The average Bonchev–Trinajstić information content (AvgIpc) is 2.92. The molecule has 1 atom stereocenters. The van der Waals surface area contributed by atoms with Crippen molar-refractivity contribution in [3.8, 4) is 0 Å². The number of nitrogens with two attached hydrogens (primary N) is 1. The smallest absolute Gasteiger partial charge is 0.316 e. The van der Waals surface area contributed by atoms with Crippen LogP contribution in [0.4, 0.5) is 17.1 Å². The van der Waals surface area contributed by atoms with Gasteiger partial charge < -0.3 is 10.7 Å². The number of hydrogen-bond acceptors (Lipinski definition) is 7. The lowest BCUT2D eigenvalue weighted by Gasteiger charge is -2.14. The monoisotopic (exact) mass is 279 g/mol. The highest BCUT2D eigenvalue weighted by Gasteiger charge is 2.21. The Balaban J connectivity index is 2.32. The first-order valence-electron chi connectivity index (χ1n) is 5.53. The quantitative estimate of drug-likeness (QED) is 0.441. The molecule has 2 aromatic rings. The number of thiazole rings is 1. The molecule has 0 saturated heterocycles. The predicted molar refractivity (Wildman–Crippen MR) is 75.1 cm³/mol. The van der Waals surface area contributed by atoms with Gasteiger partial charge in [-0.25, -0.2) is 4.98 Å². The summed E-state index contributed by atoms with van der Waals surface area (Å²) in [6.07, 6.45) is 1.70. The maximum atomic E-state index is 11.1. The SMILES string of the molecule is CC(Nc1cccc(NN)c1[N+](=O)[O-])c1nccs1. The first-order chi connectivity index (χ1) is 9.13. The minimum atomic E-state index is -0.466. The molecule has 1 aromatic heterocycles. The van der Waals surface area contributed by atoms with Crippen molar-refractivity contribution in [3.05, 3.63) is 44.9 Å². The number of rotatable bonds is 5. The van der Waals surface area contributed by atoms with Gasteiger partial charge in [0.25, 0.3) is 0 Å². The van der Waals surface area contributed by atoms with Crippen LogP contribution in [0, 0.1) is 10.1 Å². The van der Waals surface area contributed by atoms with E-state index in [2.05, 4.69) is 15.7 Å². The van der Waals surface area contributed by atoms with Crippen LogP contribution in [0.5, 0.6) is 0 Å². The molecule has 1 aromatic carbocycles. The fourth-order valence-electron chi connectivity index (χ4n) is 1.72. The van der Waals surface area contributed by atoms with E-state index < -0.39 is 4.92 Å². The molecule has 100 valence electrons. The zero-order valence-electron chi connectivity index (χ0n) is 10.2. The lowest BCUT2D eigenvalue weighted by atomic mass is 10.2. The van der Waals surface area contributed by atoms with Crippen molar-refractivity contribution in [1.29, 1.82) is 0 Å². The van der Waals surface area contributed by atoms with Crippen LogP contribution in [-0.2, 0) is 0 Å². The zero-order chi connectivity index (χ0) is 13.8. The van der Waals surface area contributed by atoms with Crippen molar-refractivity contribution in [3.63, 3.8) is 0 Å². The third-order valence-electron chi connectivity index (χ3n) is 2.57. The van der Waals surface area contributed by atoms with E-state index in [0.29, 0.717) is 5.69 Å². The number of hydrazine groups is 1. The first-order valence-corrected chi connectivity index (χ1v) is 6.41. The fraction of sp³-hybridized carbons (Fsp3) is 0.182. The number of anilines is 2. The Hall–Kier alpha value is -2.19. The predicted octanol–water partition coefficient (Wildman–Crippen LogP) is 2.51. The van der Waals surface area contributed by atoms with Gasteiger partial charge >= 0.3 is 5.69 Å². The molecule has 8 heteroatoms. The van der Waals surface area contributed by atoms with Gasteiger partial charge in [-0.05, 0) is 19.1 Å². The molecule has 0 saturated carbocycles. The van der Waals surface area contributed by atoms with Gasteiger partial charge in [-0.15, -0.1) is 11.3 Å². The lowest BCUT2D eigenvalue weighted by Crippen LogP contribution is -2.12. The van der Waals surface area contributed by atoms with Gasteiger partial charge in [0.2, 0.25) is 0 Å². The highest BCUT2D eigenvalue weighted by molar-refractivity contribution is 7.09. The van der Waals surface area contributed by atoms with E-state index in [4.69, 9.17) is 5.84 Å². The molecule has 2 rings (SSSR count). The van der Waals surface area contributed by atoms with Crippen molar-refractivity contribution in [2.45, 2.75) is 13.0 Å². The molecule has 0 spiro atoms. The van der Waals surface area contributed by atoms with E-state index in [9.17, 15) is 10.1 Å². The number of benzene rings is 1. The molecule has 0 aliphatic heterocycles. The number of hydrogen-bond donors (Lipinski definition) is 3. The van der Waals surface area contributed by atoms with Crippen LogP contribution in [0.3, 0.4) is 0 Å². The number of nitro benzene ring substituents is 1. The molecule has 7 nitrogen and oxygen atoms in total. The molecule has 0 aliphatic carbocycles. The summed E-state index contributed by atoms with van der Waals surface area (Å²) in [6.45, 7) is 1.89. The number of nitro groups is 1. The molecule has 0 fully saturated rings. The van der Waals surface area contributed by atoms with Gasteiger partial charge in [0.05, 0.1) is 11.0 Å². The maximum Gasteiger partial charge on any atom is 0.316 e. The molecule has 4 N–H and O–H groups in total. The van der Waals surface area contributed by atoms with E-state index in [-0.39, 0.29) is 17.4 Å². The standard InChI is InChI=1S/C11H13N5O2S/c1-7(11-13-5-6-19-11)14-8-3-2-4-9(15-12)10(8)16(17)18/h2-7,14-15H,12H2,1H3. The van der Waals surface area contributed by atoms with E-state index in [1.165, 1.54) is 11.3 Å². The van der Waals surface area contributed by atoms with E-state index in [1.807, 2.05) is 12.3 Å². The Morgan fingerprint density at radius 3 is 2.79 bits per heavy atom. The Bertz CT molecular complexity index is 572. The van der Waals surface area contributed by atoms with Crippen LogP contribution in [-0.4, -0.2) is 9.91 Å². The zero-order valence-corrected chi connectivity index (χ0v) is 11.0. The molecule has 19 heavy (non-hydrogen) atoms. The summed E-state index contributed by atoms with van der Waals surface area (Å²) in [5, 5.41) is 16.9. The summed E-state index contributed by atoms with van der Waals surface area (Å²) < 4.78 is 0. The van der Waals surface area contributed by atoms with Gasteiger partial charge in [-0.1, -0.05) is 6.07 Å². The van der Waals surface area contributed by atoms with Crippen LogP contribution in [0.1, 0.15) is 18.0 Å². The van der Waals surface area contributed by atoms with Crippen molar-refractivity contribution in [2.75, 3.05) is 10.7 Å². The third kappa shape index (κ3) is 2.80. The van der Waals surface area contributed by atoms with Crippen LogP contribution in [0.2, 0.25) is 0 Å². The van der Waals surface area contributed by atoms with Gasteiger partial charge in [0.1, 0.15) is 16.4 Å². The Kier molecular flexibility index (Phi) is 3.93. The number of aromatic nitrogens is 1. The summed E-state index contributed by atoms with van der Waals surface area (Å²) >= 11 is 1.49. The summed E-state index contributed by atoms with van der Waals surface area (Å²) in [7, 11) is 0. The normalized spacial score (nSPS) is 11.9. The van der Waals surface area contributed by atoms with Gasteiger partial charge in [-0.3, -0.25) is 16.0 Å². The minimum Gasteiger partial charge on any atom is -0.370 e. The molecule has 0 radical (unpaired) electrons. The second-order valence-electron chi connectivity index (χ2n) is 3.84. The van der Waals surface area contributed by atoms with Crippen molar-refractivity contribution in [2.24, 2.45) is 5.84 Å². The van der Waals surface area contributed by atoms with Gasteiger partial charge in [0.15, 0.2) is 0 Å². The highest BCUT2D eigenvalue weighted by Crippen LogP contribution is 2.34. The van der Waals surface area contributed by atoms with Crippen molar-refractivity contribution in [1.82, 2.24) is 4.98 Å². The lowest BCUT2D eigenvalue weighted by molar-refractivity contribution is -0.383. The Morgan fingerprint density at radius 2 is 2.21 bits per heavy atom. The summed E-state index contributed by atoms with van der Waals surface area (Å²) in [4.78, 5) is 14.8. The van der Waals surface area contributed by atoms with Gasteiger partial charge in [-0.2, -0.15) is 0 Å². The summed E-state index contributed by atoms with van der Waals surface area (Å²) in [6, 6.07) is 4.77. The molecule has 0 aliphatic rings. The number of nitrogens with zero attached hydrogens (tertiary/aromatic N) is 2. The first kappa shape index (κ1) is 13.2. The van der Waals surface area contributed by atoms with Crippen LogP contribution >= 0.6 is 11.3 Å². The van der Waals surface area contributed by atoms with Crippen LogP contribution in [0.15, 0.2) is 29.8 Å². The van der Waals surface area contributed by atoms with E-state index in [0.717, 1.165) is 5.01 Å². The summed E-state index contributed by atoms with van der Waals surface area (Å²) in [5.74, 6) is 5.29. The molecule has 0 bridgehead atoms. The topological polar surface area (TPSA) is 106 Å². The molecule has 1 unspecified atom stereocenters. The third-order valence-corrected chi connectivity index (χ3v) is 3.53. The second-order valence-corrected chi connectivity index (χ2v) is 4.77. The van der Waals surface area contributed by atoms with Crippen molar-refractivity contribution < 1.29 is 4.92 Å². The molecule has 1 heterocycles. The number of nitrogen functional groups attached to an aromatic ring is 1. The fourth-order valence-corrected chi connectivity index (χ4v) is 2.36. The Morgan fingerprint density at radius 1 is 1.47 bits per heavy atom. The van der Waals surface area contributed by atoms with E-state index in [1.54, 1.807) is 24.4 Å². The minimum absolute atomic E-state index is 0.0755. The highest BCUT2D eigenvalue weighted by atomic mass is 32.1. The average molecular weight is 279 g/mol. The summed E-state index contributed by atoms with van der Waals surface area (Å²) in [5.41, 5.74) is 2.93. The van der Waals surface area contributed by atoms with Crippen LogP contribution in [0.25, 0.3) is 0 Å². The molecular formula is C11H13N5O2S. The largest absolute Gasteiger partial charge is 0.370 e. The van der Waals surface area contributed by atoms with Crippen molar-refractivity contribution >= 4 is 28.4 Å². The molecular weight excluding hydrogens is 266 g/mol. The van der Waals surface area contributed by atoms with E-state index >= 15 is 0 Å². The number of para-hydroxylation sites is 1. The maximum absolute atomic E-state index is 11.1. The van der Waals surface area contributed by atoms with Gasteiger partial charge in [0, 0.05) is 11.6 Å². The Labute approximate surface area is 113 Å². The number of nitrogens with one attached hydrogen (secondary N) is 2. The van der Waals surface area contributed by atoms with Crippen LogP contribution < -0.4 is 16.6 Å².